The zero-order valence-electron chi connectivity index (χ0n) is 50.7. The van der Waals surface area contributed by atoms with Crippen molar-refractivity contribution in [3.63, 3.8) is 0 Å². The average molecular weight is 1370 g/mol. The van der Waals surface area contributed by atoms with Crippen LogP contribution in [0.1, 0.15) is 4.88 Å². The molecule has 0 saturated carbocycles. The molecule has 2 heterocycles. The van der Waals surface area contributed by atoms with Crippen LogP contribution in [-0.2, 0) is 20.4 Å². The Morgan fingerprint density at radius 3 is 0.620 bits per heavy atom. The first kappa shape index (κ1) is 67.8. The van der Waals surface area contributed by atoms with E-state index >= 15 is 0 Å². The van der Waals surface area contributed by atoms with Crippen LogP contribution < -0.4 is 63.7 Å². The van der Waals surface area contributed by atoms with Gasteiger partial charge in [-0.25, -0.2) is 0 Å². The third kappa shape index (κ3) is 20.4. The summed E-state index contributed by atoms with van der Waals surface area (Å²) in [6.45, 7) is -0.100. The van der Waals surface area contributed by atoms with Crippen LogP contribution in [0.5, 0.6) is 0 Å². The van der Waals surface area contributed by atoms with Crippen LogP contribution in [0, 0.1) is 11.8 Å². The van der Waals surface area contributed by atoms with E-state index in [2.05, 4.69) is 381 Å². The molecule has 14 aromatic rings. The van der Waals surface area contributed by atoms with Crippen LogP contribution >= 0.6 is 43.0 Å². The summed E-state index contributed by atoms with van der Waals surface area (Å²) in [6, 6.07) is 139. The topological polar surface area (TPSA) is 33.1 Å². The Labute approximate surface area is 567 Å². The Hall–Kier alpha value is -8.61. The van der Waals surface area contributed by atoms with E-state index in [1.165, 1.54) is 63.7 Å². The molecule has 0 bridgehead atoms. The Kier molecular flexibility index (Phi) is 28.2. The van der Waals surface area contributed by atoms with Gasteiger partial charge in [0.05, 0.1) is 15.4 Å². The quantitative estimate of drug-likeness (QED) is 0.0709. The van der Waals surface area contributed by atoms with E-state index in [0.717, 1.165) is 15.4 Å². The summed E-state index contributed by atoms with van der Waals surface area (Å²) in [5.74, 6) is 5.50. The maximum Gasteiger partial charge on any atom is 0.104 e. The first-order valence-corrected chi connectivity index (χ1v) is 36.3. The molecular weight excluding hydrogens is 1300 g/mol. The number of hydrogen-bond donors (Lipinski definition) is 1. The molecule has 0 spiro atoms. The van der Waals surface area contributed by atoms with E-state index in [0.29, 0.717) is 0 Å². The molecule has 0 fully saturated rings. The molecule has 0 radical (unpaired) electrons. The smallest absolute Gasteiger partial charge is 0.104 e. The first-order valence-electron chi connectivity index (χ1n) is 30.1. The number of nitrogens with zero attached hydrogens (tertiary/aromatic N) is 1. The van der Waals surface area contributed by atoms with Gasteiger partial charge in [-0.3, -0.25) is 4.98 Å². The van der Waals surface area contributed by atoms with E-state index in [-0.39, 0.29) is 27.0 Å². The number of aliphatic hydroxyl groups is 1. The van der Waals surface area contributed by atoms with Crippen molar-refractivity contribution in [2.45, 2.75) is 0 Å². The second-order valence-electron chi connectivity index (χ2n) is 20.2. The molecule has 0 saturated heterocycles. The van der Waals surface area contributed by atoms with E-state index in [1.807, 2.05) is 30.3 Å². The second kappa shape index (κ2) is 38.3. The molecule has 0 unspecified atom stereocenters. The van der Waals surface area contributed by atoms with E-state index in [9.17, 15) is 0 Å². The van der Waals surface area contributed by atoms with Gasteiger partial charge in [-0.2, -0.15) is 0 Å². The van der Waals surface area contributed by atoms with Crippen molar-refractivity contribution in [3.05, 3.63) is 405 Å². The standard InChI is InChI=1S/4C18H15P.C12H9NOS.Pd/c4*1-4-10-16(11-5-1)19(17-12-6-2-7-13-17)18-14-8-3-9-15-18;14-9-3-4-10-6-7-12(15-10)11-5-1-2-8-13-11;/h4*1-15H;1-2,5-8,14H,9H2;. The summed E-state index contributed by atoms with van der Waals surface area (Å²) in [7, 11) is -1.78. The summed E-state index contributed by atoms with van der Waals surface area (Å²) < 4.78 is 0. The number of rotatable bonds is 13. The zero-order chi connectivity index (χ0) is 62.2. The number of aromatic nitrogens is 1. The van der Waals surface area contributed by atoms with E-state index in [4.69, 9.17) is 5.11 Å². The van der Waals surface area contributed by atoms with Gasteiger partial charge in [0.2, 0.25) is 0 Å². The zero-order valence-corrected chi connectivity index (χ0v) is 56.7. The molecule has 0 aliphatic rings. The Bertz CT molecular complexity index is 3450. The minimum Gasteiger partial charge on any atom is -0.384 e. The van der Waals surface area contributed by atoms with Gasteiger partial charge in [-0.15, -0.1) is 11.3 Å². The molecule has 14 rings (SSSR count). The molecule has 0 atom stereocenters. The number of pyridine rings is 1. The Morgan fingerprint density at radius 1 is 0.250 bits per heavy atom. The molecule has 452 valence electrons. The van der Waals surface area contributed by atoms with Crippen LogP contribution in [0.15, 0.2) is 401 Å². The van der Waals surface area contributed by atoms with Gasteiger partial charge in [0.1, 0.15) is 6.61 Å². The van der Waals surface area contributed by atoms with Crippen molar-refractivity contribution in [1.29, 1.82) is 0 Å². The molecule has 1 N–H and O–H groups in total. The average Bonchev–Trinajstić information content (AvgIpc) is 2.85. The van der Waals surface area contributed by atoms with Crippen LogP contribution in [0.25, 0.3) is 10.6 Å². The van der Waals surface area contributed by atoms with E-state index < -0.39 is 31.7 Å². The Balaban J connectivity index is 0.000000136. The second-order valence-corrected chi connectivity index (χ2v) is 30.2. The van der Waals surface area contributed by atoms with Gasteiger partial charge in [-0.1, -0.05) is 382 Å². The summed E-state index contributed by atoms with van der Waals surface area (Å²) >= 11 is 1.58. The fraction of sp³-hybridized carbons (Fsp3) is 0.0119. The fourth-order valence-electron chi connectivity index (χ4n) is 9.89. The van der Waals surface area contributed by atoms with Crippen molar-refractivity contribution in [3.8, 4) is 22.4 Å². The number of benzene rings is 12. The SMILES string of the molecule is OCC#Cc1ccc(-c2ccccn2)s1.[Pd].c1ccc(P(c2ccccc2)c2ccccc2)cc1.c1ccc(P(c2ccccc2)c2ccccc2)cc1.c1ccc(P(c2ccccc2)c2ccccc2)cc1.c1ccc(P(c2ccccc2)c2ccccc2)cc1. The van der Waals surface area contributed by atoms with Crippen molar-refractivity contribution in [2.24, 2.45) is 0 Å². The molecule has 2 nitrogen and oxygen atoms in total. The predicted molar refractivity (Wildman–Crippen MR) is 402 cm³/mol. The van der Waals surface area contributed by atoms with Crippen LogP contribution in [0.3, 0.4) is 0 Å². The van der Waals surface area contributed by atoms with Gasteiger partial charge in [0, 0.05) is 26.6 Å². The van der Waals surface area contributed by atoms with Crippen molar-refractivity contribution in [2.75, 3.05) is 6.61 Å². The number of thiophene rings is 1. The fourth-order valence-corrected chi connectivity index (χ4v) is 20.0. The normalized spacial score (nSPS) is 10.3. The molecule has 2 aromatic heterocycles. The van der Waals surface area contributed by atoms with Gasteiger partial charge in [-0.05, 0) is 120 Å². The molecule has 0 aliphatic carbocycles. The first-order chi connectivity index (χ1) is 45.2. The van der Waals surface area contributed by atoms with Crippen molar-refractivity contribution in [1.82, 2.24) is 4.98 Å². The van der Waals surface area contributed by atoms with Gasteiger partial charge in [0.25, 0.3) is 0 Å². The monoisotopic (exact) mass is 1370 g/mol. The maximum absolute atomic E-state index is 8.57. The Morgan fingerprint density at radius 2 is 0.446 bits per heavy atom. The molecule has 0 aliphatic heterocycles. The number of hydrogen-bond acceptors (Lipinski definition) is 3. The third-order valence-electron chi connectivity index (χ3n) is 14.0. The van der Waals surface area contributed by atoms with Gasteiger partial charge in [0.15, 0.2) is 0 Å². The van der Waals surface area contributed by atoms with Crippen LogP contribution in [0.4, 0.5) is 0 Å². The largest absolute Gasteiger partial charge is 0.384 e. The predicted octanol–water partition coefficient (Wildman–Crippen LogP) is 15.9. The van der Waals surface area contributed by atoms with Gasteiger partial charge >= 0.3 is 0 Å². The molecule has 0 amide bonds. The molecular formula is C84H69NOP4PdS. The minimum absolute atomic E-state index is 0. The van der Waals surface area contributed by atoms with Crippen LogP contribution in [0.2, 0.25) is 0 Å². The summed E-state index contributed by atoms with van der Waals surface area (Å²) in [4.78, 5) is 6.30. The van der Waals surface area contributed by atoms with Crippen molar-refractivity contribution >= 4 is 107 Å². The molecule has 12 aromatic carbocycles. The van der Waals surface area contributed by atoms with Gasteiger partial charge < -0.3 is 5.11 Å². The maximum atomic E-state index is 8.57. The van der Waals surface area contributed by atoms with Crippen molar-refractivity contribution < 1.29 is 25.5 Å². The van der Waals surface area contributed by atoms with E-state index in [1.54, 1.807) is 17.5 Å². The summed E-state index contributed by atoms with van der Waals surface area (Å²) in [5, 5.41) is 25.3. The minimum atomic E-state index is -0.446. The third-order valence-corrected chi connectivity index (χ3v) is 24.8. The summed E-state index contributed by atoms with van der Waals surface area (Å²) in [5.41, 5.74) is 0.958. The number of aliphatic hydroxyl groups excluding tert-OH is 1. The van der Waals surface area contributed by atoms with Crippen LogP contribution in [-0.4, -0.2) is 16.7 Å². The molecule has 8 heteroatoms. The summed E-state index contributed by atoms with van der Waals surface area (Å²) in [6.07, 6.45) is 1.77. The molecule has 92 heavy (non-hydrogen) atoms.